The van der Waals surface area contributed by atoms with Crippen LogP contribution < -0.4 is 0 Å². The van der Waals surface area contributed by atoms with E-state index in [0.29, 0.717) is 0 Å². The lowest BCUT2D eigenvalue weighted by Gasteiger charge is -2.10. The van der Waals surface area contributed by atoms with Gasteiger partial charge in [-0.2, -0.15) is 0 Å². The summed E-state index contributed by atoms with van der Waals surface area (Å²) >= 11 is 15.8. The van der Waals surface area contributed by atoms with Crippen LogP contribution in [0.2, 0.25) is 0 Å². The number of carbonyl (C=O) groups is 1. The first kappa shape index (κ1) is 11.3. The molecule has 1 N–H and O–H groups in total. The predicted octanol–water partition coefficient (Wildman–Crippen LogP) is 1.28. The fourth-order valence-electron chi connectivity index (χ4n) is 0.326. The summed E-state index contributed by atoms with van der Waals surface area (Å²) in [6.45, 7) is -0.560. The molecule has 0 fully saturated rings. The first-order valence-corrected chi connectivity index (χ1v) is 3.92. The van der Waals surface area contributed by atoms with Crippen molar-refractivity contribution in [2.24, 2.45) is 0 Å². The smallest absolute Gasteiger partial charge is 0.308 e. The van der Waals surface area contributed by atoms with Gasteiger partial charge in [0.25, 0.3) is 0 Å². The van der Waals surface area contributed by atoms with Gasteiger partial charge in [-0.05, 0) is 0 Å². The molecule has 0 aliphatic heterocycles. The molecule has 0 unspecified atom stereocenters. The molecular formula is C5H7Cl3O3. The number of rotatable bonds is 3. The highest BCUT2D eigenvalue weighted by Gasteiger charge is 2.21. The molecule has 0 aromatic carbocycles. The highest BCUT2D eigenvalue weighted by atomic mass is 35.6. The van der Waals surface area contributed by atoms with Gasteiger partial charge in [-0.15, -0.1) is 0 Å². The SMILES string of the molecule is O=C(CCO)OCC(Cl)(Cl)Cl. The molecule has 0 aromatic rings. The molecule has 0 spiro atoms. The number of halogens is 3. The van der Waals surface area contributed by atoms with Crippen LogP contribution in [0.25, 0.3) is 0 Å². The normalized spacial score (nSPS) is 11.3. The lowest BCUT2D eigenvalue weighted by Crippen LogP contribution is -2.17. The van der Waals surface area contributed by atoms with Crippen molar-refractivity contribution < 1.29 is 14.6 Å². The van der Waals surface area contributed by atoms with Gasteiger partial charge >= 0.3 is 5.97 Å². The largest absolute Gasteiger partial charge is 0.461 e. The Morgan fingerprint density at radius 1 is 1.45 bits per heavy atom. The van der Waals surface area contributed by atoms with Crippen LogP contribution in [0.5, 0.6) is 0 Å². The Morgan fingerprint density at radius 3 is 2.36 bits per heavy atom. The van der Waals surface area contributed by atoms with E-state index in [-0.39, 0.29) is 19.6 Å². The molecule has 66 valence electrons. The number of aliphatic hydroxyl groups is 1. The Morgan fingerprint density at radius 2 is 2.00 bits per heavy atom. The second-order valence-corrected chi connectivity index (χ2v) is 4.27. The van der Waals surface area contributed by atoms with Crippen molar-refractivity contribution in [2.45, 2.75) is 10.2 Å². The molecule has 0 aliphatic rings. The van der Waals surface area contributed by atoms with Gasteiger partial charge in [-0.3, -0.25) is 4.79 Å². The van der Waals surface area contributed by atoms with Gasteiger partial charge in [-0.25, -0.2) is 0 Å². The fraction of sp³-hybridized carbons (Fsp3) is 0.800. The third kappa shape index (κ3) is 8.20. The molecule has 0 atom stereocenters. The van der Waals surface area contributed by atoms with E-state index >= 15 is 0 Å². The van der Waals surface area contributed by atoms with Crippen molar-refractivity contribution in [1.29, 1.82) is 0 Å². The maximum Gasteiger partial charge on any atom is 0.308 e. The molecule has 0 bridgehead atoms. The molecule has 3 nitrogen and oxygen atoms in total. The molecule has 0 saturated carbocycles. The molecule has 0 aromatic heterocycles. The summed E-state index contributed by atoms with van der Waals surface area (Å²) in [4.78, 5) is 10.5. The number of aliphatic hydroxyl groups excluding tert-OH is 1. The zero-order chi connectivity index (χ0) is 8.91. The lowest BCUT2D eigenvalue weighted by atomic mass is 10.5. The van der Waals surface area contributed by atoms with Crippen LogP contribution in [-0.2, 0) is 9.53 Å². The molecule has 0 amide bonds. The maximum atomic E-state index is 10.5. The van der Waals surface area contributed by atoms with Crippen LogP contribution in [0.15, 0.2) is 0 Å². The Balaban J connectivity index is 3.46. The van der Waals surface area contributed by atoms with Gasteiger partial charge in [0.05, 0.1) is 13.0 Å². The highest BCUT2D eigenvalue weighted by Crippen LogP contribution is 2.25. The van der Waals surface area contributed by atoms with Gasteiger partial charge < -0.3 is 9.84 Å². The van der Waals surface area contributed by atoms with Gasteiger partial charge in [0.2, 0.25) is 3.79 Å². The summed E-state index contributed by atoms with van der Waals surface area (Å²) < 4.78 is 2.87. The number of hydrogen-bond donors (Lipinski definition) is 1. The summed E-state index contributed by atoms with van der Waals surface area (Å²) in [5.41, 5.74) is 0. The van der Waals surface area contributed by atoms with E-state index in [4.69, 9.17) is 39.9 Å². The first-order chi connectivity index (χ1) is 4.95. The van der Waals surface area contributed by atoms with Crippen molar-refractivity contribution in [3.63, 3.8) is 0 Å². The van der Waals surface area contributed by atoms with Crippen LogP contribution in [0.1, 0.15) is 6.42 Å². The van der Waals surface area contributed by atoms with Gasteiger partial charge in [0.15, 0.2) is 0 Å². The second kappa shape index (κ2) is 5.04. The average Bonchev–Trinajstić information content (AvgIpc) is 1.83. The topological polar surface area (TPSA) is 46.5 Å². The molecular weight excluding hydrogens is 214 g/mol. The Hall–Kier alpha value is 0.300. The van der Waals surface area contributed by atoms with Crippen LogP contribution in [-0.4, -0.2) is 28.1 Å². The fourth-order valence-corrected chi connectivity index (χ4v) is 0.489. The van der Waals surface area contributed by atoms with E-state index in [1.165, 1.54) is 0 Å². The minimum absolute atomic E-state index is 0.0826. The van der Waals surface area contributed by atoms with E-state index in [0.717, 1.165) is 0 Å². The first-order valence-electron chi connectivity index (χ1n) is 2.79. The number of carbonyl (C=O) groups excluding carboxylic acids is 1. The molecule has 0 radical (unpaired) electrons. The van der Waals surface area contributed by atoms with E-state index in [9.17, 15) is 4.79 Å². The van der Waals surface area contributed by atoms with Gasteiger partial charge in [-0.1, -0.05) is 34.8 Å². The van der Waals surface area contributed by atoms with E-state index in [2.05, 4.69) is 4.74 Å². The minimum Gasteiger partial charge on any atom is -0.461 e. The molecule has 0 heterocycles. The standard InChI is InChI=1S/C5H7Cl3O3/c6-5(7,8)3-11-4(10)1-2-9/h9H,1-3H2. The second-order valence-electron chi connectivity index (χ2n) is 1.75. The van der Waals surface area contributed by atoms with Crippen molar-refractivity contribution in [3.8, 4) is 0 Å². The zero-order valence-corrected chi connectivity index (χ0v) is 7.79. The number of alkyl halides is 3. The molecule has 0 aliphatic carbocycles. The monoisotopic (exact) mass is 220 g/mol. The predicted molar refractivity (Wildman–Crippen MR) is 43.0 cm³/mol. The summed E-state index contributed by atoms with van der Waals surface area (Å²) in [6.07, 6.45) is -0.0826. The van der Waals surface area contributed by atoms with Crippen LogP contribution in [0, 0.1) is 0 Å². The molecule has 11 heavy (non-hydrogen) atoms. The van der Waals surface area contributed by atoms with Gasteiger partial charge in [0.1, 0.15) is 6.61 Å². The van der Waals surface area contributed by atoms with Crippen LogP contribution >= 0.6 is 34.8 Å². The summed E-state index contributed by atoms with van der Waals surface area (Å²) in [5.74, 6) is -0.584. The van der Waals surface area contributed by atoms with Crippen molar-refractivity contribution in [2.75, 3.05) is 13.2 Å². The number of esters is 1. The van der Waals surface area contributed by atoms with Crippen LogP contribution in [0.3, 0.4) is 0 Å². The summed E-state index contributed by atoms with van der Waals surface area (Å²) in [5, 5.41) is 8.27. The minimum atomic E-state index is -1.58. The lowest BCUT2D eigenvalue weighted by molar-refractivity contribution is -0.144. The van der Waals surface area contributed by atoms with Crippen LogP contribution in [0.4, 0.5) is 0 Å². The zero-order valence-electron chi connectivity index (χ0n) is 5.52. The Kier molecular flexibility index (Phi) is 5.17. The summed E-state index contributed by atoms with van der Waals surface area (Å²) in [6, 6.07) is 0. The molecule has 0 saturated heterocycles. The maximum absolute atomic E-state index is 10.5. The van der Waals surface area contributed by atoms with Crippen molar-refractivity contribution >= 4 is 40.8 Å². The summed E-state index contributed by atoms with van der Waals surface area (Å²) in [7, 11) is 0. The quantitative estimate of drug-likeness (QED) is 0.577. The number of hydrogen-bond acceptors (Lipinski definition) is 3. The van der Waals surface area contributed by atoms with Gasteiger partial charge in [0, 0.05) is 0 Å². The van der Waals surface area contributed by atoms with E-state index in [1.54, 1.807) is 0 Å². The van der Waals surface area contributed by atoms with E-state index in [1.807, 2.05) is 0 Å². The third-order valence-corrected chi connectivity index (χ3v) is 1.04. The molecule has 6 heteroatoms. The Bertz CT molecular complexity index is 131. The van der Waals surface area contributed by atoms with Crippen molar-refractivity contribution in [1.82, 2.24) is 0 Å². The Labute approximate surface area is 79.2 Å². The molecule has 0 rings (SSSR count). The highest BCUT2D eigenvalue weighted by molar-refractivity contribution is 6.67. The number of ether oxygens (including phenoxy) is 1. The average molecular weight is 221 g/mol. The van der Waals surface area contributed by atoms with Crippen molar-refractivity contribution in [3.05, 3.63) is 0 Å². The van der Waals surface area contributed by atoms with E-state index < -0.39 is 9.76 Å². The third-order valence-electron chi connectivity index (χ3n) is 0.713.